The summed E-state index contributed by atoms with van der Waals surface area (Å²) in [5, 5.41) is 9.10. The predicted octanol–water partition coefficient (Wildman–Crippen LogP) is 3.67. The Balaban J connectivity index is 2.16. The minimum absolute atomic E-state index is 0.0145. The maximum Gasteiger partial charge on any atom is 0.235 e. The van der Waals surface area contributed by atoms with Gasteiger partial charge in [0, 0.05) is 5.39 Å². The molecule has 0 aliphatic heterocycles. The summed E-state index contributed by atoms with van der Waals surface area (Å²) in [6.45, 7) is 3.46. The molecule has 6 nitrogen and oxygen atoms in total. The molecule has 0 saturated heterocycles. The lowest BCUT2D eigenvalue weighted by atomic mass is 10.2. The van der Waals surface area contributed by atoms with Crippen LogP contribution < -0.4 is 0 Å². The summed E-state index contributed by atoms with van der Waals surface area (Å²) in [7, 11) is 0. The molecule has 23 heavy (non-hydrogen) atoms. The van der Waals surface area contributed by atoms with E-state index >= 15 is 0 Å². The van der Waals surface area contributed by atoms with E-state index in [0.29, 0.717) is 11.5 Å². The number of hydrogen-bond acceptors (Lipinski definition) is 3. The van der Waals surface area contributed by atoms with E-state index in [0.717, 1.165) is 27.5 Å². The van der Waals surface area contributed by atoms with Gasteiger partial charge in [0.2, 0.25) is 17.5 Å². The molecular weight excluding hydrogens is 290 g/mol. The monoisotopic (exact) mass is 301 g/mol. The second kappa shape index (κ2) is 4.07. The molecule has 0 aliphatic carbocycles. The first-order valence-electron chi connectivity index (χ1n) is 7.14. The van der Waals surface area contributed by atoms with Crippen molar-refractivity contribution in [3.63, 3.8) is 0 Å². The Kier molecular flexibility index (Phi) is 2.15. The molecule has 0 spiro atoms. The van der Waals surface area contributed by atoms with Gasteiger partial charge in [-0.3, -0.25) is 9.81 Å². The highest BCUT2D eigenvalue weighted by molar-refractivity contribution is 6.09. The van der Waals surface area contributed by atoms with Crippen LogP contribution in [0.25, 0.3) is 39.0 Å². The quantitative estimate of drug-likeness (QED) is 0.350. The van der Waals surface area contributed by atoms with E-state index in [-0.39, 0.29) is 5.96 Å². The van der Waals surface area contributed by atoms with Crippen molar-refractivity contribution in [3.8, 4) is 0 Å². The number of nitrogens with zero attached hydrogens (tertiary/aromatic N) is 4. The predicted molar refractivity (Wildman–Crippen MR) is 90.6 cm³/mol. The van der Waals surface area contributed by atoms with Gasteiger partial charge < -0.3 is 4.42 Å². The summed E-state index contributed by atoms with van der Waals surface area (Å²) >= 11 is 0. The third-order valence-electron chi connectivity index (χ3n) is 4.08. The molecule has 0 fully saturated rings. The highest BCUT2D eigenvalue weighted by Crippen LogP contribution is 2.33. The average molecular weight is 301 g/mol. The number of furan rings is 1. The van der Waals surface area contributed by atoms with Crippen molar-refractivity contribution in [2.75, 3.05) is 0 Å². The molecule has 110 valence electrons. The van der Waals surface area contributed by atoms with Gasteiger partial charge in [-0.1, -0.05) is 24.3 Å². The number of hydrogen-bond donors (Lipinski definition) is 1. The molecule has 0 radical (unpaired) electrons. The molecule has 5 rings (SSSR count). The van der Waals surface area contributed by atoms with Gasteiger partial charge in [0.25, 0.3) is 0 Å². The fraction of sp³-hybridized carbons (Fsp3) is 0. The van der Waals surface area contributed by atoms with Crippen molar-refractivity contribution in [2.24, 2.45) is 4.99 Å². The molecule has 0 atom stereocenters. The van der Waals surface area contributed by atoms with Gasteiger partial charge in [-0.25, -0.2) is 14.5 Å². The van der Waals surface area contributed by atoms with Crippen molar-refractivity contribution in [3.05, 3.63) is 48.5 Å². The molecule has 0 unspecified atom stereocenters. The zero-order chi connectivity index (χ0) is 15.6. The summed E-state index contributed by atoms with van der Waals surface area (Å²) in [5.41, 5.74) is 4.03. The Morgan fingerprint density at radius 2 is 1.91 bits per heavy atom. The molecule has 1 N–H and O–H groups in total. The molecule has 3 heterocycles. The summed E-state index contributed by atoms with van der Waals surface area (Å²) in [4.78, 5) is 8.39. The fourth-order valence-corrected chi connectivity index (χ4v) is 3.12. The molecule has 2 aromatic carbocycles. The van der Waals surface area contributed by atoms with E-state index in [1.54, 1.807) is 4.57 Å². The maximum atomic E-state index is 8.13. The normalized spacial score (nSPS) is 11.8. The molecule has 5 aromatic rings. The van der Waals surface area contributed by atoms with E-state index in [2.05, 4.69) is 16.7 Å². The third-order valence-corrected chi connectivity index (χ3v) is 4.08. The highest BCUT2D eigenvalue weighted by Gasteiger charge is 2.23. The smallest absolute Gasteiger partial charge is 0.235 e. The Morgan fingerprint density at radius 1 is 1.13 bits per heavy atom. The number of para-hydroxylation sites is 3. The molecule has 0 bridgehead atoms. The van der Waals surface area contributed by atoms with E-state index in [1.165, 1.54) is 0 Å². The number of aliphatic imine (C=N–C) groups is 1. The van der Waals surface area contributed by atoms with Gasteiger partial charge in [-0.05, 0) is 31.0 Å². The SMILES string of the molecule is C=NC(=N)n1c2oc3ccccc3c2n2c3ccccc3nc12. The van der Waals surface area contributed by atoms with Crippen molar-refractivity contribution in [2.45, 2.75) is 0 Å². The minimum atomic E-state index is -0.0145. The highest BCUT2D eigenvalue weighted by atomic mass is 16.3. The van der Waals surface area contributed by atoms with Gasteiger partial charge in [0.1, 0.15) is 11.1 Å². The van der Waals surface area contributed by atoms with Gasteiger partial charge in [0.05, 0.1) is 11.0 Å². The minimum Gasteiger partial charge on any atom is -0.437 e. The molecule has 0 aliphatic rings. The van der Waals surface area contributed by atoms with Crippen LogP contribution in [0.4, 0.5) is 0 Å². The first-order valence-corrected chi connectivity index (χ1v) is 7.14. The Labute approximate surface area is 129 Å². The molecule has 0 amide bonds. The van der Waals surface area contributed by atoms with Crippen LogP contribution in [0.3, 0.4) is 0 Å². The second-order valence-corrected chi connectivity index (χ2v) is 5.31. The first kappa shape index (κ1) is 12.2. The van der Waals surface area contributed by atoms with Gasteiger partial charge in [-0.15, -0.1) is 0 Å². The van der Waals surface area contributed by atoms with Crippen LogP contribution in [0.15, 0.2) is 57.9 Å². The van der Waals surface area contributed by atoms with Gasteiger partial charge in [-0.2, -0.15) is 0 Å². The van der Waals surface area contributed by atoms with E-state index in [1.807, 2.05) is 52.9 Å². The number of imidazole rings is 2. The summed E-state index contributed by atoms with van der Waals surface area (Å²) in [6.07, 6.45) is 0. The number of fused-ring (bicyclic) bond motifs is 7. The summed E-state index contributed by atoms with van der Waals surface area (Å²) in [6, 6.07) is 15.7. The van der Waals surface area contributed by atoms with Crippen molar-refractivity contribution < 1.29 is 4.42 Å². The fourth-order valence-electron chi connectivity index (χ4n) is 3.12. The van der Waals surface area contributed by atoms with Crippen LogP contribution in [0.2, 0.25) is 0 Å². The number of nitrogens with one attached hydrogen (secondary N) is 1. The summed E-state index contributed by atoms with van der Waals surface area (Å²) < 4.78 is 9.57. The van der Waals surface area contributed by atoms with Crippen LogP contribution in [-0.4, -0.2) is 26.6 Å². The molecule has 6 heteroatoms. The Morgan fingerprint density at radius 3 is 2.78 bits per heavy atom. The standard InChI is InChI=1S/C17H11N5O/c1-19-16(18)22-15-14(10-6-2-5-9-13(10)23-15)21-12-8-4-3-7-11(12)20-17(21)22/h2-9,18H,1H2. The second-order valence-electron chi connectivity index (χ2n) is 5.31. The number of aromatic nitrogens is 3. The van der Waals surface area contributed by atoms with Crippen molar-refractivity contribution >= 4 is 51.7 Å². The van der Waals surface area contributed by atoms with E-state index < -0.39 is 0 Å². The first-order chi connectivity index (χ1) is 11.3. The number of benzene rings is 2. The van der Waals surface area contributed by atoms with Crippen molar-refractivity contribution in [1.29, 1.82) is 5.41 Å². The van der Waals surface area contributed by atoms with Crippen LogP contribution in [0, 0.1) is 5.41 Å². The zero-order valence-corrected chi connectivity index (χ0v) is 12.0. The topological polar surface area (TPSA) is 71.6 Å². The van der Waals surface area contributed by atoms with Crippen LogP contribution in [-0.2, 0) is 0 Å². The third kappa shape index (κ3) is 1.39. The van der Waals surface area contributed by atoms with E-state index in [4.69, 9.17) is 9.83 Å². The largest absolute Gasteiger partial charge is 0.437 e. The average Bonchev–Trinajstić information content (AvgIpc) is 3.20. The summed E-state index contributed by atoms with van der Waals surface area (Å²) in [5.74, 6) is 0.586. The molecular formula is C17H11N5O. The van der Waals surface area contributed by atoms with Gasteiger partial charge >= 0.3 is 0 Å². The Hall–Kier alpha value is -3.41. The van der Waals surface area contributed by atoms with E-state index in [9.17, 15) is 0 Å². The van der Waals surface area contributed by atoms with Gasteiger partial charge in [0.15, 0.2) is 0 Å². The van der Waals surface area contributed by atoms with Crippen LogP contribution in [0.5, 0.6) is 0 Å². The number of rotatable bonds is 0. The molecule has 3 aromatic heterocycles. The van der Waals surface area contributed by atoms with Crippen molar-refractivity contribution in [1.82, 2.24) is 14.0 Å². The Bertz CT molecular complexity index is 1170. The van der Waals surface area contributed by atoms with Crippen LogP contribution in [0.1, 0.15) is 0 Å². The zero-order valence-electron chi connectivity index (χ0n) is 12.0. The van der Waals surface area contributed by atoms with Crippen LogP contribution >= 0.6 is 0 Å². The lowest BCUT2D eigenvalue weighted by Gasteiger charge is -1.97. The maximum absolute atomic E-state index is 8.13. The lowest BCUT2D eigenvalue weighted by Crippen LogP contribution is -2.07. The lowest BCUT2D eigenvalue weighted by molar-refractivity contribution is 0.648. The molecule has 0 saturated carbocycles.